The zero-order valence-corrected chi connectivity index (χ0v) is 14.8. The quantitative estimate of drug-likeness (QED) is 0.496. The van der Waals surface area contributed by atoms with Crippen LogP contribution in [0.1, 0.15) is 37.1 Å². The summed E-state index contributed by atoms with van der Waals surface area (Å²) in [5.74, 6) is -1.57. The Hall–Kier alpha value is -2.35. The summed E-state index contributed by atoms with van der Waals surface area (Å²) in [5, 5.41) is 11.0. The first kappa shape index (κ1) is 16.1. The average molecular weight is 363 g/mol. The Kier molecular flexibility index (Phi) is 3.44. The number of hydrogen-bond donors (Lipinski definition) is 1. The number of hydrogen-bond acceptors (Lipinski definition) is 4. The minimum Gasteiger partial charge on any atom is -0.477 e. The number of aliphatic carboxylic acids is 1. The van der Waals surface area contributed by atoms with E-state index in [1.54, 1.807) is 5.41 Å². The minimum atomic E-state index is -1.76. The zero-order valence-electron chi connectivity index (χ0n) is 14.0. The first-order valence-electron chi connectivity index (χ1n) is 8.08. The number of pyridine rings is 1. The van der Waals surface area contributed by atoms with Crippen LogP contribution in [0.4, 0.5) is 0 Å². The monoisotopic (exact) mass is 363 g/mol. The van der Waals surface area contributed by atoms with Crippen LogP contribution in [0.15, 0.2) is 29.4 Å². The Labute approximate surface area is 146 Å². The van der Waals surface area contributed by atoms with E-state index in [2.05, 4.69) is 3.97 Å². The van der Waals surface area contributed by atoms with Crippen molar-refractivity contribution in [1.29, 1.82) is 0 Å². The highest BCUT2D eigenvalue weighted by Gasteiger charge is 2.59. The molecule has 0 radical (unpaired) electrons. The standard InChI is InChI=1S/C17H18N2O5S/c1-10(20)24-13-6-5-11-4-3-7-18(16(11)13)25(2)9-12(17(22)23)19-14(21)8-15(19)25/h3-4,7,9,13,15H,5-6,8H2,1-2H3/p+1/t13?,15-/m1/s1. The molecule has 132 valence electrons. The maximum absolute atomic E-state index is 11.9. The molecule has 0 spiro atoms. The third-order valence-corrected chi connectivity index (χ3v) is 8.43. The first-order valence-corrected chi connectivity index (χ1v) is 10.2. The van der Waals surface area contributed by atoms with E-state index in [1.165, 1.54) is 11.8 Å². The first-order chi connectivity index (χ1) is 11.8. The summed E-state index contributed by atoms with van der Waals surface area (Å²) in [6.45, 7) is 1.39. The molecule has 1 aromatic rings. The van der Waals surface area contributed by atoms with E-state index in [1.807, 2.05) is 24.6 Å². The van der Waals surface area contributed by atoms with Gasteiger partial charge in [-0.3, -0.25) is 14.5 Å². The molecular weight excluding hydrogens is 344 g/mol. The van der Waals surface area contributed by atoms with E-state index < -0.39 is 16.2 Å². The summed E-state index contributed by atoms with van der Waals surface area (Å²) >= 11 is 0. The second kappa shape index (κ2) is 5.32. The molecule has 1 fully saturated rings. The van der Waals surface area contributed by atoms with E-state index in [-0.39, 0.29) is 29.1 Å². The summed E-state index contributed by atoms with van der Waals surface area (Å²) in [7, 11) is -1.76. The smallest absolute Gasteiger partial charge is 0.353 e. The van der Waals surface area contributed by atoms with Crippen LogP contribution in [0, 0.1) is 0 Å². The molecule has 1 saturated heterocycles. The van der Waals surface area contributed by atoms with Crippen LogP contribution in [0.25, 0.3) is 0 Å². The number of aryl methyl sites for hydroxylation is 1. The number of fused-ring (bicyclic) bond motifs is 2. The van der Waals surface area contributed by atoms with Crippen molar-refractivity contribution in [2.45, 2.75) is 37.7 Å². The lowest BCUT2D eigenvalue weighted by Gasteiger charge is -2.42. The zero-order chi connectivity index (χ0) is 17.9. The van der Waals surface area contributed by atoms with Gasteiger partial charge in [-0.05, 0) is 18.9 Å². The average Bonchev–Trinajstić information content (AvgIpc) is 3.04. The number of aromatic nitrogens is 1. The number of nitrogens with zero attached hydrogens (tertiary/aromatic N) is 2. The number of rotatable bonds is 3. The van der Waals surface area contributed by atoms with Gasteiger partial charge in [0.25, 0.3) is 0 Å². The lowest BCUT2D eigenvalue weighted by Crippen LogP contribution is -2.57. The molecule has 25 heavy (non-hydrogen) atoms. The van der Waals surface area contributed by atoms with Crippen LogP contribution >= 0.6 is 10.2 Å². The Morgan fingerprint density at radius 3 is 2.80 bits per heavy atom. The molecular formula is C17H19N2O5S+. The summed E-state index contributed by atoms with van der Waals surface area (Å²) in [5.41, 5.74) is 2.10. The number of carbonyl (C=O) groups is 3. The Morgan fingerprint density at radius 2 is 2.20 bits per heavy atom. The third kappa shape index (κ3) is 2.20. The van der Waals surface area contributed by atoms with Gasteiger partial charge in [0.05, 0.1) is 6.42 Å². The fourth-order valence-electron chi connectivity index (χ4n) is 3.95. The van der Waals surface area contributed by atoms with Crippen LogP contribution in [0.3, 0.4) is 0 Å². The highest BCUT2D eigenvalue weighted by atomic mass is 32.3. The van der Waals surface area contributed by atoms with Crippen molar-refractivity contribution in [3.63, 3.8) is 0 Å². The van der Waals surface area contributed by atoms with Gasteiger partial charge in [0, 0.05) is 40.4 Å². The van der Waals surface area contributed by atoms with Gasteiger partial charge in [0.15, 0.2) is 12.3 Å². The molecule has 8 heteroatoms. The molecule has 1 N–H and O–H groups in total. The fraction of sp³-hybridized carbons (Fsp3) is 0.412. The number of β-lactam (4-membered cyclic amide) rings is 1. The van der Waals surface area contributed by atoms with Gasteiger partial charge in [-0.25, -0.2) is 4.79 Å². The second-order valence-corrected chi connectivity index (χ2v) is 9.79. The Bertz CT molecular complexity index is 851. The number of carboxylic acids is 1. The van der Waals surface area contributed by atoms with E-state index >= 15 is 0 Å². The molecule has 3 atom stereocenters. The predicted octanol–water partition coefficient (Wildman–Crippen LogP) is 1.22. The highest BCUT2D eigenvalue weighted by molar-refractivity contribution is 8.31. The van der Waals surface area contributed by atoms with Gasteiger partial charge in [0.1, 0.15) is 11.1 Å². The molecule has 0 saturated carbocycles. The van der Waals surface area contributed by atoms with Gasteiger partial charge < -0.3 is 9.84 Å². The maximum Gasteiger partial charge on any atom is 0.353 e. The van der Waals surface area contributed by atoms with Crippen molar-refractivity contribution in [3.8, 4) is 0 Å². The van der Waals surface area contributed by atoms with Crippen molar-refractivity contribution in [2.75, 3.05) is 6.26 Å². The molecule has 1 amide bonds. The van der Waals surface area contributed by atoms with Gasteiger partial charge in [0.2, 0.25) is 11.6 Å². The molecule has 0 bridgehead atoms. The molecule has 3 heterocycles. The Morgan fingerprint density at radius 1 is 1.44 bits per heavy atom. The number of carbonyl (C=O) groups excluding carboxylic acids is 2. The van der Waals surface area contributed by atoms with Gasteiger partial charge in [-0.1, -0.05) is 0 Å². The number of ether oxygens (including phenoxy) is 1. The molecule has 1 aromatic heterocycles. The van der Waals surface area contributed by atoms with E-state index in [0.29, 0.717) is 6.42 Å². The van der Waals surface area contributed by atoms with Crippen molar-refractivity contribution < 1.29 is 28.2 Å². The van der Waals surface area contributed by atoms with Crippen molar-refractivity contribution >= 4 is 28.1 Å². The van der Waals surface area contributed by atoms with Crippen LogP contribution < -0.4 is 3.97 Å². The molecule has 1 aliphatic carbocycles. The topological polar surface area (TPSA) is 87.8 Å². The molecule has 2 unspecified atom stereocenters. The summed E-state index contributed by atoms with van der Waals surface area (Å²) in [6.07, 6.45) is 5.47. The van der Waals surface area contributed by atoms with Gasteiger partial charge in [-0.2, -0.15) is 0 Å². The SMILES string of the molecule is CC(=O)OC1CCc2ccc[n+](S3(C)C=C(C(=O)O)N4C(=O)C[C@H]43)c21. The van der Waals surface area contributed by atoms with Gasteiger partial charge >= 0.3 is 11.9 Å². The van der Waals surface area contributed by atoms with Crippen molar-refractivity contribution in [3.05, 3.63) is 40.7 Å². The van der Waals surface area contributed by atoms with Crippen LogP contribution in [-0.4, -0.2) is 39.5 Å². The summed E-state index contributed by atoms with van der Waals surface area (Å²) < 4.78 is 7.57. The number of carboxylic acid groups (broad SMARTS) is 1. The Balaban J connectivity index is 1.83. The van der Waals surface area contributed by atoms with Crippen LogP contribution in [-0.2, 0) is 25.5 Å². The normalized spacial score (nSPS) is 32.2. The van der Waals surface area contributed by atoms with E-state index in [0.717, 1.165) is 24.1 Å². The largest absolute Gasteiger partial charge is 0.477 e. The molecule has 3 aliphatic rings. The van der Waals surface area contributed by atoms with Crippen LogP contribution in [0.2, 0.25) is 0 Å². The third-order valence-electron chi connectivity index (χ3n) is 5.08. The maximum atomic E-state index is 11.9. The highest BCUT2D eigenvalue weighted by Crippen LogP contribution is 2.60. The molecule has 7 nitrogen and oxygen atoms in total. The lowest BCUT2D eigenvalue weighted by atomic mass is 10.2. The van der Waals surface area contributed by atoms with Crippen LogP contribution in [0.5, 0.6) is 0 Å². The molecule has 4 rings (SSSR count). The molecule has 2 aliphatic heterocycles. The predicted molar refractivity (Wildman–Crippen MR) is 89.3 cm³/mol. The minimum absolute atomic E-state index is 0.0610. The van der Waals surface area contributed by atoms with E-state index in [9.17, 15) is 19.5 Å². The van der Waals surface area contributed by atoms with Gasteiger partial charge in [-0.15, -0.1) is 3.97 Å². The lowest BCUT2D eigenvalue weighted by molar-refractivity contribution is -0.520. The number of amides is 1. The summed E-state index contributed by atoms with van der Waals surface area (Å²) in [4.78, 5) is 36.4. The second-order valence-electron chi connectivity index (χ2n) is 6.61. The van der Waals surface area contributed by atoms with Crippen molar-refractivity contribution in [1.82, 2.24) is 4.90 Å². The summed E-state index contributed by atoms with van der Waals surface area (Å²) in [6, 6.07) is 3.95. The molecule has 0 aromatic carbocycles. The van der Waals surface area contributed by atoms with Crippen molar-refractivity contribution in [2.24, 2.45) is 0 Å². The van der Waals surface area contributed by atoms with E-state index in [4.69, 9.17) is 4.74 Å². The number of esters is 1. The fourth-order valence-corrected chi connectivity index (χ4v) is 7.28.